The SMILES string of the molecule is C[Si]1(C)CCCN1c1cnn([Si](C)(C)C)c1. The predicted molar refractivity (Wildman–Crippen MR) is 75.2 cm³/mol. The molecule has 0 atom stereocenters. The van der Waals surface area contributed by atoms with Gasteiger partial charge in [0, 0.05) is 12.7 Å². The van der Waals surface area contributed by atoms with Crippen LogP contribution in [-0.2, 0) is 0 Å². The Morgan fingerprint density at radius 1 is 1.31 bits per heavy atom. The van der Waals surface area contributed by atoms with Crippen LogP contribution in [0.2, 0.25) is 38.8 Å². The number of hydrogen-bond donors (Lipinski definition) is 0. The average Bonchev–Trinajstić information content (AvgIpc) is 2.68. The lowest BCUT2D eigenvalue weighted by Crippen LogP contribution is -2.43. The van der Waals surface area contributed by atoms with Crippen molar-refractivity contribution < 1.29 is 0 Å². The normalized spacial score (nSPS) is 20.4. The molecular formula is C11H23N3Si2. The molecule has 0 aromatic carbocycles. The number of rotatable bonds is 2. The maximum Gasteiger partial charge on any atom is 0.176 e. The number of aromatic nitrogens is 2. The molecule has 1 saturated heterocycles. The highest BCUT2D eigenvalue weighted by Crippen LogP contribution is 2.31. The lowest BCUT2D eigenvalue weighted by molar-refractivity contribution is 0.933. The van der Waals surface area contributed by atoms with Crippen molar-refractivity contribution in [3.63, 3.8) is 0 Å². The third-order valence-electron chi connectivity index (χ3n) is 3.47. The van der Waals surface area contributed by atoms with Crippen molar-refractivity contribution in [3.8, 4) is 0 Å². The van der Waals surface area contributed by atoms with Gasteiger partial charge >= 0.3 is 0 Å². The quantitative estimate of drug-likeness (QED) is 0.756. The van der Waals surface area contributed by atoms with Gasteiger partial charge in [-0.3, -0.25) is 4.35 Å². The Morgan fingerprint density at radius 3 is 2.44 bits per heavy atom. The fourth-order valence-corrected chi connectivity index (χ4v) is 6.20. The Labute approximate surface area is 101 Å². The second kappa shape index (κ2) is 3.73. The van der Waals surface area contributed by atoms with E-state index in [-0.39, 0.29) is 0 Å². The van der Waals surface area contributed by atoms with Gasteiger partial charge in [0.15, 0.2) is 16.5 Å². The maximum atomic E-state index is 4.56. The van der Waals surface area contributed by atoms with Crippen molar-refractivity contribution in [1.82, 2.24) is 9.45 Å². The first-order valence-corrected chi connectivity index (χ1v) is 12.7. The molecule has 0 amide bonds. The zero-order chi connectivity index (χ0) is 12.0. The average molecular weight is 253 g/mol. The van der Waals surface area contributed by atoms with Gasteiger partial charge in [-0.1, -0.05) is 13.1 Å². The van der Waals surface area contributed by atoms with E-state index in [9.17, 15) is 0 Å². The summed E-state index contributed by atoms with van der Waals surface area (Å²) in [6.45, 7) is 13.2. The fourth-order valence-electron chi connectivity index (χ4n) is 2.41. The Morgan fingerprint density at radius 2 is 2.00 bits per heavy atom. The van der Waals surface area contributed by atoms with Crippen LogP contribution in [0.15, 0.2) is 12.4 Å². The van der Waals surface area contributed by atoms with Crippen molar-refractivity contribution in [3.05, 3.63) is 12.4 Å². The number of hydrogen-bond acceptors (Lipinski definition) is 2. The van der Waals surface area contributed by atoms with Gasteiger partial charge in [-0.2, -0.15) is 5.10 Å². The molecule has 0 bridgehead atoms. The van der Waals surface area contributed by atoms with Crippen LogP contribution < -0.4 is 4.57 Å². The van der Waals surface area contributed by atoms with Crippen LogP contribution in [0.4, 0.5) is 5.69 Å². The van der Waals surface area contributed by atoms with Crippen molar-refractivity contribution in [2.24, 2.45) is 0 Å². The minimum Gasteiger partial charge on any atom is -0.395 e. The van der Waals surface area contributed by atoms with Crippen LogP contribution in [-0.4, -0.2) is 32.5 Å². The van der Waals surface area contributed by atoms with Gasteiger partial charge in [0.05, 0.1) is 11.9 Å². The Bertz CT molecular complexity index is 379. The molecule has 0 N–H and O–H groups in total. The first-order valence-electron chi connectivity index (χ1n) is 6.13. The molecule has 5 heteroatoms. The van der Waals surface area contributed by atoms with E-state index in [4.69, 9.17) is 0 Å². The van der Waals surface area contributed by atoms with Gasteiger partial charge in [-0.05, 0) is 32.1 Å². The van der Waals surface area contributed by atoms with E-state index in [0.717, 1.165) is 0 Å². The first kappa shape index (κ1) is 11.9. The predicted octanol–water partition coefficient (Wildman–Crippen LogP) is 2.98. The monoisotopic (exact) mass is 253 g/mol. The zero-order valence-electron chi connectivity index (χ0n) is 11.1. The Kier molecular flexibility index (Phi) is 2.78. The van der Waals surface area contributed by atoms with Crippen LogP contribution in [0.5, 0.6) is 0 Å². The van der Waals surface area contributed by atoms with E-state index in [0.29, 0.717) is 0 Å². The molecule has 1 aromatic rings. The molecule has 0 aliphatic carbocycles. The van der Waals surface area contributed by atoms with Crippen LogP contribution in [0.1, 0.15) is 6.42 Å². The molecule has 90 valence electrons. The summed E-state index contributed by atoms with van der Waals surface area (Å²) in [5, 5.41) is 4.56. The molecule has 3 nitrogen and oxygen atoms in total. The van der Waals surface area contributed by atoms with E-state index in [1.54, 1.807) is 0 Å². The van der Waals surface area contributed by atoms with Gasteiger partial charge in [0.1, 0.15) is 0 Å². The van der Waals surface area contributed by atoms with Crippen molar-refractivity contribution in [2.45, 2.75) is 45.2 Å². The summed E-state index contributed by atoms with van der Waals surface area (Å²) in [6, 6.07) is 1.42. The van der Waals surface area contributed by atoms with Gasteiger partial charge in [-0.15, -0.1) is 0 Å². The van der Waals surface area contributed by atoms with Gasteiger partial charge in [0.25, 0.3) is 0 Å². The molecule has 2 rings (SSSR count). The highest BCUT2D eigenvalue weighted by Gasteiger charge is 2.35. The summed E-state index contributed by atoms with van der Waals surface area (Å²) >= 11 is 0. The summed E-state index contributed by atoms with van der Waals surface area (Å²) in [4.78, 5) is 0. The largest absolute Gasteiger partial charge is 0.395 e. The zero-order valence-corrected chi connectivity index (χ0v) is 13.1. The molecule has 1 aliphatic heterocycles. The second-order valence-corrected chi connectivity index (χ2v) is 15.8. The molecule has 1 aliphatic rings. The van der Waals surface area contributed by atoms with Crippen LogP contribution in [0.25, 0.3) is 0 Å². The summed E-state index contributed by atoms with van der Waals surface area (Å²) in [5.74, 6) is 0. The standard InChI is InChI=1S/C11H23N3Si2/c1-15(2,3)14-10-11(9-12-14)13-7-6-8-16(13,4)5/h9-10H,6-8H2,1-5H3. The summed E-state index contributed by atoms with van der Waals surface area (Å²) in [7, 11) is -2.48. The molecule has 1 fully saturated rings. The minimum atomic E-state index is -1.32. The van der Waals surface area contributed by atoms with Crippen LogP contribution >= 0.6 is 0 Å². The van der Waals surface area contributed by atoms with Gasteiger partial charge in [0.2, 0.25) is 0 Å². The highest BCUT2D eigenvalue weighted by atomic mass is 28.3. The Hall–Kier alpha value is -0.556. The molecule has 1 aromatic heterocycles. The van der Waals surface area contributed by atoms with Crippen molar-refractivity contribution >= 4 is 22.2 Å². The van der Waals surface area contributed by atoms with Crippen molar-refractivity contribution in [2.75, 3.05) is 11.1 Å². The van der Waals surface area contributed by atoms with Crippen molar-refractivity contribution in [1.29, 1.82) is 0 Å². The van der Waals surface area contributed by atoms with Crippen LogP contribution in [0.3, 0.4) is 0 Å². The van der Waals surface area contributed by atoms with E-state index in [1.807, 2.05) is 0 Å². The first-order chi connectivity index (χ1) is 7.31. The third-order valence-corrected chi connectivity index (χ3v) is 8.61. The van der Waals surface area contributed by atoms with Gasteiger partial charge < -0.3 is 4.57 Å². The molecule has 2 heterocycles. The third kappa shape index (κ3) is 2.11. The number of nitrogens with zero attached hydrogens (tertiary/aromatic N) is 3. The minimum absolute atomic E-state index is 1.16. The van der Waals surface area contributed by atoms with E-state index in [1.165, 1.54) is 24.7 Å². The Balaban J connectivity index is 2.26. The molecular weight excluding hydrogens is 230 g/mol. The summed E-state index contributed by atoms with van der Waals surface area (Å²) < 4.78 is 4.85. The lowest BCUT2D eigenvalue weighted by Gasteiger charge is -2.30. The van der Waals surface area contributed by atoms with E-state index < -0.39 is 16.5 Å². The smallest absolute Gasteiger partial charge is 0.176 e. The van der Waals surface area contributed by atoms with E-state index >= 15 is 0 Å². The summed E-state index contributed by atoms with van der Waals surface area (Å²) in [6.07, 6.45) is 5.70. The fraction of sp³-hybridized carbons (Fsp3) is 0.727. The lowest BCUT2D eigenvalue weighted by atomic mass is 10.4. The number of anilines is 1. The second-order valence-electron chi connectivity index (χ2n) is 6.38. The highest BCUT2D eigenvalue weighted by molar-refractivity contribution is 6.81. The summed E-state index contributed by atoms with van der Waals surface area (Å²) in [5.41, 5.74) is 1.36. The molecule has 0 saturated carbocycles. The molecule has 16 heavy (non-hydrogen) atoms. The molecule has 0 unspecified atom stereocenters. The maximum absolute atomic E-state index is 4.56. The van der Waals surface area contributed by atoms with Gasteiger partial charge in [-0.25, -0.2) is 0 Å². The van der Waals surface area contributed by atoms with E-state index in [2.05, 4.69) is 59.1 Å². The topological polar surface area (TPSA) is 21.1 Å². The molecule has 0 radical (unpaired) electrons. The molecule has 0 spiro atoms. The van der Waals surface area contributed by atoms with Crippen LogP contribution in [0, 0.1) is 0 Å².